The van der Waals surface area contributed by atoms with Crippen LogP contribution in [0, 0.1) is 0 Å². The lowest BCUT2D eigenvalue weighted by Crippen LogP contribution is -2.40. The zero-order chi connectivity index (χ0) is 15.6. The Labute approximate surface area is 118 Å². The molecule has 1 aliphatic rings. The summed E-state index contributed by atoms with van der Waals surface area (Å²) in [5.41, 5.74) is 4.18. The Hall–Kier alpha value is -2.25. The summed E-state index contributed by atoms with van der Waals surface area (Å²) in [5.74, 6) is -0.600. The molecule has 0 bridgehead atoms. The number of nitrogens with two attached hydrogens (primary N) is 1. The zero-order valence-corrected chi connectivity index (χ0v) is 11.0. The topological polar surface area (TPSA) is 75.4 Å². The number of alkyl halides is 3. The summed E-state index contributed by atoms with van der Waals surface area (Å²) in [6.07, 6.45) is -3.97. The van der Waals surface area contributed by atoms with E-state index in [1.165, 1.54) is 17.0 Å². The van der Waals surface area contributed by atoms with E-state index in [9.17, 15) is 22.8 Å². The molecule has 114 valence electrons. The van der Waals surface area contributed by atoms with E-state index in [2.05, 4.69) is 5.32 Å². The number of primary amides is 1. The van der Waals surface area contributed by atoms with E-state index >= 15 is 0 Å². The smallest absolute Gasteiger partial charge is 0.351 e. The SMILES string of the molecule is NC(=O)N1CCC(NC(=O)c2cccc(C(F)(F)F)c2)C1. The number of carbonyl (C=O) groups is 2. The summed E-state index contributed by atoms with van der Waals surface area (Å²) in [5, 5.41) is 2.60. The van der Waals surface area contributed by atoms with Crippen LogP contribution in [-0.2, 0) is 6.18 Å². The Balaban J connectivity index is 2.03. The minimum absolute atomic E-state index is 0.0673. The molecule has 3 amide bonds. The molecule has 1 saturated heterocycles. The lowest BCUT2D eigenvalue weighted by Gasteiger charge is -2.15. The van der Waals surface area contributed by atoms with Crippen molar-refractivity contribution in [3.63, 3.8) is 0 Å². The highest BCUT2D eigenvalue weighted by Gasteiger charge is 2.31. The summed E-state index contributed by atoms with van der Waals surface area (Å²) >= 11 is 0. The first-order valence-corrected chi connectivity index (χ1v) is 6.30. The van der Waals surface area contributed by atoms with Crippen LogP contribution >= 0.6 is 0 Å². The number of amides is 3. The molecular formula is C13H14F3N3O2. The third kappa shape index (κ3) is 3.65. The van der Waals surface area contributed by atoms with Gasteiger partial charge in [-0.25, -0.2) is 4.79 Å². The lowest BCUT2D eigenvalue weighted by atomic mass is 10.1. The van der Waals surface area contributed by atoms with E-state index in [0.717, 1.165) is 12.1 Å². The van der Waals surface area contributed by atoms with Crippen LogP contribution < -0.4 is 11.1 Å². The number of nitrogens with one attached hydrogen (secondary N) is 1. The fraction of sp³-hybridized carbons (Fsp3) is 0.385. The second-order valence-electron chi connectivity index (χ2n) is 4.82. The molecule has 5 nitrogen and oxygen atoms in total. The van der Waals surface area contributed by atoms with Gasteiger partial charge in [0.2, 0.25) is 0 Å². The van der Waals surface area contributed by atoms with Crippen molar-refractivity contribution in [2.24, 2.45) is 5.73 Å². The fourth-order valence-electron chi connectivity index (χ4n) is 2.18. The first kappa shape index (κ1) is 15.1. The van der Waals surface area contributed by atoms with Crippen molar-refractivity contribution in [3.05, 3.63) is 35.4 Å². The van der Waals surface area contributed by atoms with Crippen LogP contribution in [0.1, 0.15) is 22.3 Å². The summed E-state index contributed by atoms with van der Waals surface area (Å²) in [4.78, 5) is 24.3. The second-order valence-corrected chi connectivity index (χ2v) is 4.82. The molecule has 0 saturated carbocycles. The van der Waals surface area contributed by atoms with Crippen molar-refractivity contribution < 1.29 is 22.8 Å². The van der Waals surface area contributed by atoms with Crippen molar-refractivity contribution in [2.45, 2.75) is 18.6 Å². The van der Waals surface area contributed by atoms with Crippen LogP contribution in [-0.4, -0.2) is 36.0 Å². The van der Waals surface area contributed by atoms with Gasteiger partial charge in [0.1, 0.15) is 0 Å². The third-order valence-corrected chi connectivity index (χ3v) is 3.29. The standard InChI is InChI=1S/C13H14F3N3O2/c14-13(15,16)9-3-1-2-8(6-9)11(20)18-10-4-5-19(7-10)12(17)21/h1-3,6,10H,4-5,7H2,(H2,17,21)(H,18,20). The number of urea groups is 1. The molecule has 0 aliphatic carbocycles. The first-order chi connectivity index (χ1) is 9.77. The number of hydrogen-bond donors (Lipinski definition) is 2. The van der Waals surface area contributed by atoms with Gasteiger partial charge in [0.05, 0.1) is 5.56 Å². The van der Waals surface area contributed by atoms with Gasteiger partial charge in [-0.15, -0.1) is 0 Å². The molecule has 0 spiro atoms. The van der Waals surface area contributed by atoms with Crippen LogP contribution in [0.2, 0.25) is 0 Å². The molecule has 1 unspecified atom stereocenters. The average Bonchev–Trinajstić information content (AvgIpc) is 2.86. The molecule has 3 N–H and O–H groups in total. The van der Waals surface area contributed by atoms with Gasteiger partial charge in [-0.2, -0.15) is 13.2 Å². The zero-order valence-electron chi connectivity index (χ0n) is 11.0. The molecule has 0 radical (unpaired) electrons. The Kier molecular flexibility index (Phi) is 4.06. The van der Waals surface area contributed by atoms with E-state index in [0.29, 0.717) is 13.0 Å². The van der Waals surface area contributed by atoms with Crippen molar-refractivity contribution in [2.75, 3.05) is 13.1 Å². The molecule has 1 aromatic rings. The molecule has 1 fully saturated rings. The number of benzene rings is 1. The maximum absolute atomic E-state index is 12.6. The van der Waals surface area contributed by atoms with Crippen molar-refractivity contribution >= 4 is 11.9 Å². The van der Waals surface area contributed by atoms with Crippen molar-refractivity contribution in [1.82, 2.24) is 10.2 Å². The van der Waals surface area contributed by atoms with Crippen LogP contribution in [0.3, 0.4) is 0 Å². The minimum Gasteiger partial charge on any atom is -0.351 e. The average molecular weight is 301 g/mol. The van der Waals surface area contributed by atoms with Gasteiger partial charge in [0.15, 0.2) is 0 Å². The van der Waals surface area contributed by atoms with E-state index in [-0.39, 0.29) is 18.2 Å². The largest absolute Gasteiger partial charge is 0.416 e. The molecule has 1 atom stereocenters. The van der Waals surface area contributed by atoms with Gasteiger partial charge in [-0.3, -0.25) is 4.79 Å². The van der Waals surface area contributed by atoms with Crippen molar-refractivity contribution in [1.29, 1.82) is 0 Å². The normalized spacial score (nSPS) is 18.6. The number of rotatable bonds is 2. The number of nitrogens with zero attached hydrogens (tertiary/aromatic N) is 1. The van der Waals surface area contributed by atoms with E-state index in [1.54, 1.807) is 0 Å². The van der Waals surface area contributed by atoms with Crippen LogP contribution in [0.4, 0.5) is 18.0 Å². The summed E-state index contributed by atoms with van der Waals surface area (Å²) in [6, 6.07) is 3.32. The first-order valence-electron chi connectivity index (χ1n) is 6.30. The molecule has 1 heterocycles. The minimum atomic E-state index is -4.49. The summed E-state index contributed by atoms with van der Waals surface area (Å²) < 4.78 is 37.8. The van der Waals surface area contributed by atoms with Gasteiger partial charge < -0.3 is 16.0 Å². The van der Waals surface area contributed by atoms with Gasteiger partial charge in [-0.05, 0) is 24.6 Å². The fourth-order valence-corrected chi connectivity index (χ4v) is 2.18. The molecule has 1 aromatic carbocycles. The van der Waals surface area contributed by atoms with Gasteiger partial charge in [-0.1, -0.05) is 6.07 Å². The lowest BCUT2D eigenvalue weighted by molar-refractivity contribution is -0.137. The third-order valence-electron chi connectivity index (χ3n) is 3.29. The quantitative estimate of drug-likeness (QED) is 0.870. The Bertz CT molecular complexity index is 560. The van der Waals surface area contributed by atoms with Gasteiger partial charge in [0.25, 0.3) is 5.91 Å². The second kappa shape index (κ2) is 5.63. The Morgan fingerprint density at radius 3 is 2.62 bits per heavy atom. The number of carbonyl (C=O) groups excluding carboxylic acids is 2. The number of hydrogen-bond acceptors (Lipinski definition) is 2. The Morgan fingerprint density at radius 2 is 2.05 bits per heavy atom. The van der Waals surface area contributed by atoms with Gasteiger partial charge in [0, 0.05) is 24.7 Å². The van der Waals surface area contributed by atoms with E-state index < -0.39 is 23.7 Å². The number of likely N-dealkylation sites (tertiary alicyclic amines) is 1. The molecule has 8 heteroatoms. The predicted molar refractivity (Wildman–Crippen MR) is 68.5 cm³/mol. The molecule has 1 aliphatic heterocycles. The predicted octanol–water partition coefficient (Wildman–Crippen LogP) is 1.59. The highest BCUT2D eigenvalue weighted by Crippen LogP contribution is 2.29. The van der Waals surface area contributed by atoms with E-state index in [1.807, 2.05) is 0 Å². The van der Waals surface area contributed by atoms with Crippen LogP contribution in [0.15, 0.2) is 24.3 Å². The molecule has 0 aromatic heterocycles. The van der Waals surface area contributed by atoms with Crippen LogP contribution in [0.5, 0.6) is 0 Å². The monoisotopic (exact) mass is 301 g/mol. The number of halogens is 3. The van der Waals surface area contributed by atoms with Crippen LogP contribution in [0.25, 0.3) is 0 Å². The van der Waals surface area contributed by atoms with Crippen molar-refractivity contribution in [3.8, 4) is 0 Å². The highest BCUT2D eigenvalue weighted by atomic mass is 19.4. The molecular weight excluding hydrogens is 287 g/mol. The summed E-state index contributed by atoms with van der Waals surface area (Å²) in [6.45, 7) is 0.683. The molecule has 21 heavy (non-hydrogen) atoms. The van der Waals surface area contributed by atoms with E-state index in [4.69, 9.17) is 5.73 Å². The molecule has 2 rings (SSSR count). The maximum atomic E-state index is 12.6. The Morgan fingerprint density at radius 1 is 1.33 bits per heavy atom. The maximum Gasteiger partial charge on any atom is 0.416 e. The van der Waals surface area contributed by atoms with Gasteiger partial charge >= 0.3 is 12.2 Å². The summed E-state index contributed by atoms with van der Waals surface area (Å²) in [7, 11) is 0. The highest BCUT2D eigenvalue weighted by molar-refractivity contribution is 5.94.